The number of nitrogens with zero attached hydrogens (tertiary/aromatic N) is 2. The predicted octanol–water partition coefficient (Wildman–Crippen LogP) is 2.82. The van der Waals surface area contributed by atoms with Crippen LogP contribution in [0.2, 0.25) is 0 Å². The van der Waals surface area contributed by atoms with E-state index in [9.17, 15) is 5.11 Å². The van der Waals surface area contributed by atoms with Crippen molar-refractivity contribution >= 4 is 28.5 Å². The van der Waals surface area contributed by atoms with E-state index in [-0.39, 0.29) is 0 Å². The number of rotatable bonds is 4. The van der Waals surface area contributed by atoms with E-state index in [1.807, 2.05) is 31.3 Å². The number of hydrogen-bond donors (Lipinski definition) is 1. The minimum atomic E-state index is -0.654. The van der Waals surface area contributed by atoms with Crippen molar-refractivity contribution < 1.29 is 9.63 Å². The van der Waals surface area contributed by atoms with Crippen LogP contribution in [-0.4, -0.2) is 14.7 Å². The van der Waals surface area contributed by atoms with Crippen LogP contribution in [-0.2, 0) is 7.05 Å². The van der Waals surface area contributed by atoms with E-state index in [4.69, 9.17) is 4.52 Å². The number of aliphatic hydroxyl groups is 1. The highest BCUT2D eigenvalue weighted by atomic mass is 127. The van der Waals surface area contributed by atoms with Crippen LogP contribution in [0.5, 0.6) is 5.75 Å². The van der Waals surface area contributed by atoms with Gasteiger partial charge in [-0.25, -0.2) is 4.98 Å². The zero-order valence-corrected chi connectivity index (χ0v) is 12.3. The summed E-state index contributed by atoms with van der Waals surface area (Å²) in [5.41, 5.74) is 1.60. The summed E-state index contributed by atoms with van der Waals surface area (Å²) in [5.74, 6) is 0.818. The second kappa shape index (κ2) is 5.80. The molecule has 2 rings (SSSR count). The fourth-order valence-corrected chi connectivity index (χ4v) is 2.55. The maximum absolute atomic E-state index is 10.2. The molecule has 6 heteroatoms. The van der Waals surface area contributed by atoms with Gasteiger partial charge < -0.3 is 14.2 Å². The lowest BCUT2D eigenvalue weighted by Gasteiger charge is -2.12. The van der Waals surface area contributed by atoms with Gasteiger partial charge in [-0.05, 0) is 39.7 Å². The minimum absolute atomic E-state index is 0.396. The van der Waals surface area contributed by atoms with Crippen LogP contribution >= 0.6 is 28.5 Å². The van der Waals surface area contributed by atoms with E-state index in [1.165, 1.54) is 0 Å². The Bertz CT molecular complexity index is 486. The third-order valence-electron chi connectivity index (χ3n) is 2.49. The van der Waals surface area contributed by atoms with Crippen molar-refractivity contribution in [2.75, 3.05) is 0 Å². The summed E-state index contributed by atoms with van der Waals surface area (Å²) in [6.45, 7) is 0.396. The van der Waals surface area contributed by atoms with Gasteiger partial charge in [-0.2, -0.15) is 0 Å². The SMILES string of the molecule is Cn1cncc1C(O)c1ccc(OPI)cc1. The Morgan fingerprint density at radius 1 is 1.41 bits per heavy atom. The van der Waals surface area contributed by atoms with Gasteiger partial charge >= 0.3 is 0 Å². The van der Waals surface area contributed by atoms with E-state index >= 15 is 0 Å². The molecule has 2 unspecified atom stereocenters. The van der Waals surface area contributed by atoms with Crippen molar-refractivity contribution in [1.82, 2.24) is 9.55 Å². The molecule has 0 saturated carbocycles. The Morgan fingerprint density at radius 2 is 2.12 bits per heavy atom. The lowest BCUT2D eigenvalue weighted by atomic mass is 10.1. The molecular formula is C11H12IN2O2P. The lowest BCUT2D eigenvalue weighted by molar-refractivity contribution is 0.211. The fourth-order valence-electron chi connectivity index (χ4n) is 1.56. The first kappa shape index (κ1) is 12.8. The third kappa shape index (κ3) is 2.97. The van der Waals surface area contributed by atoms with Crippen molar-refractivity contribution in [2.24, 2.45) is 7.05 Å². The first-order valence-electron chi connectivity index (χ1n) is 4.99. The van der Waals surface area contributed by atoms with E-state index in [2.05, 4.69) is 27.0 Å². The quantitative estimate of drug-likeness (QED) is 0.672. The minimum Gasteiger partial charge on any atom is -0.467 e. The molecule has 1 aromatic heterocycles. The van der Waals surface area contributed by atoms with Crippen LogP contribution in [0.25, 0.3) is 0 Å². The van der Waals surface area contributed by atoms with Crippen molar-refractivity contribution in [3.63, 3.8) is 0 Å². The smallest absolute Gasteiger partial charge is 0.137 e. The van der Waals surface area contributed by atoms with Crippen molar-refractivity contribution in [3.05, 3.63) is 48.0 Å². The number of imidazole rings is 1. The first-order valence-corrected chi connectivity index (χ1v) is 9.01. The van der Waals surface area contributed by atoms with Gasteiger partial charge in [0.1, 0.15) is 18.3 Å². The Morgan fingerprint density at radius 3 is 2.65 bits per heavy atom. The van der Waals surface area contributed by atoms with Crippen LogP contribution in [0.1, 0.15) is 17.4 Å². The van der Waals surface area contributed by atoms with Gasteiger partial charge in [-0.1, -0.05) is 12.1 Å². The molecule has 2 aromatic rings. The maximum Gasteiger partial charge on any atom is 0.137 e. The zero-order chi connectivity index (χ0) is 12.3. The summed E-state index contributed by atoms with van der Waals surface area (Å²) >= 11 is 2.17. The monoisotopic (exact) mass is 362 g/mol. The van der Waals surface area contributed by atoms with Gasteiger partial charge in [0, 0.05) is 7.05 Å². The molecule has 0 aliphatic rings. The van der Waals surface area contributed by atoms with Crippen LogP contribution in [0.4, 0.5) is 0 Å². The standard InChI is InChI=1S/C11H12IN2O2P/c1-14-7-13-6-10(14)11(15)8-2-4-9(5-3-8)16-17-12/h2-7,11,15,17H,1H3. The molecule has 0 aliphatic heterocycles. The molecule has 0 radical (unpaired) electrons. The number of aromatic nitrogens is 2. The number of benzene rings is 1. The van der Waals surface area contributed by atoms with Crippen molar-refractivity contribution in [2.45, 2.75) is 6.10 Å². The summed E-state index contributed by atoms with van der Waals surface area (Å²) in [6, 6.07) is 7.45. The van der Waals surface area contributed by atoms with Crippen LogP contribution < -0.4 is 4.52 Å². The van der Waals surface area contributed by atoms with E-state index < -0.39 is 6.10 Å². The molecule has 0 saturated heterocycles. The summed E-state index contributed by atoms with van der Waals surface area (Å²) < 4.78 is 7.18. The summed E-state index contributed by atoms with van der Waals surface area (Å²) in [7, 11) is 1.86. The molecule has 1 aromatic carbocycles. The highest BCUT2D eigenvalue weighted by Gasteiger charge is 2.13. The molecule has 0 aliphatic carbocycles. The average molecular weight is 362 g/mol. The molecule has 0 amide bonds. The molecule has 90 valence electrons. The Kier molecular flexibility index (Phi) is 4.36. The van der Waals surface area contributed by atoms with Crippen molar-refractivity contribution in [1.29, 1.82) is 0 Å². The highest BCUT2D eigenvalue weighted by molar-refractivity contribution is 14.2. The van der Waals surface area contributed by atoms with Gasteiger partial charge in [0.2, 0.25) is 0 Å². The zero-order valence-electron chi connectivity index (χ0n) is 9.17. The van der Waals surface area contributed by atoms with Gasteiger partial charge in [0.25, 0.3) is 0 Å². The lowest BCUT2D eigenvalue weighted by Crippen LogP contribution is -2.04. The molecule has 4 nitrogen and oxygen atoms in total. The largest absolute Gasteiger partial charge is 0.467 e. The normalized spacial score (nSPS) is 13.1. The Balaban J connectivity index is 2.20. The van der Waals surface area contributed by atoms with Crippen LogP contribution in [0.15, 0.2) is 36.8 Å². The number of aryl methyl sites for hydroxylation is 1. The first-order chi connectivity index (χ1) is 8.22. The summed E-state index contributed by atoms with van der Waals surface area (Å²) in [5, 5.41) is 10.2. The van der Waals surface area contributed by atoms with Gasteiger partial charge in [0.15, 0.2) is 0 Å². The number of aliphatic hydroxyl groups excluding tert-OH is 1. The van der Waals surface area contributed by atoms with Crippen LogP contribution in [0.3, 0.4) is 0 Å². The molecule has 1 heterocycles. The highest BCUT2D eigenvalue weighted by Crippen LogP contribution is 2.28. The van der Waals surface area contributed by atoms with E-state index in [1.54, 1.807) is 17.1 Å². The Labute approximate surface area is 114 Å². The summed E-state index contributed by atoms with van der Waals surface area (Å²) in [6.07, 6.45) is 2.69. The van der Waals surface area contributed by atoms with E-state index in [0.717, 1.165) is 17.0 Å². The third-order valence-corrected chi connectivity index (χ3v) is 3.46. The second-order valence-corrected chi connectivity index (χ2v) is 5.26. The molecule has 0 fully saturated rings. The maximum atomic E-state index is 10.2. The topological polar surface area (TPSA) is 47.3 Å². The number of hydrogen-bond acceptors (Lipinski definition) is 3. The molecule has 0 spiro atoms. The fraction of sp³-hybridized carbons (Fsp3) is 0.182. The number of halogens is 1. The molecule has 17 heavy (non-hydrogen) atoms. The van der Waals surface area contributed by atoms with Crippen LogP contribution in [0, 0.1) is 0 Å². The predicted molar refractivity (Wildman–Crippen MR) is 76.7 cm³/mol. The second-order valence-electron chi connectivity index (χ2n) is 3.58. The average Bonchev–Trinajstić information content (AvgIpc) is 2.76. The van der Waals surface area contributed by atoms with E-state index in [0.29, 0.717) is 6.45 Å². The molecular weight excluding hydrogens is 350 g/mol. The molecule has 0 bridgehead atoms. The molecule has 1 N–H and O–H groups in total. The van der Waals surface area contributed by atoms with Gasteiger partial charge in [-0.15, -0.1) is 0 Å². The van der Waals surface area contributed by atoms with Gasteiger partial charge in [-0.3, -0.25) is 0 Å². The van der Waals surface area contributed by atoms with Crippen molar-refractivity contribution in [3.8, 4) is 5.75 Å². The molecule has 2 atom stereocenters. The van der Waals surface area contributed by atoms with Gasteiger partial charge in [0.05, 0.1) is 18.2 Å². The Hall–Kier alpha value is -0.650. The summed E-state index contributed by atoms with van der Waals surface area (Å²) in [4.78, 5) is 3.99.